The number of carbonyl (C=O) groups is 1. The topological polar surface area (TPSA) is 32.3 Å². The summed E-state index contributed by atoms with van der Waals surface area (Å²) in [5.74, 6) is 0. The molecule has 0 fully saturated rings. The van der Waals surface area contributed by atoms with Crippen molar-refractivity contribution in [1.29, 1.82) is 0 Å². The molecule has 0 saturated carbocycles. The molecular weight excluding hydrogens is 747 g/mol. The number of halogens is 6. The van der Waals surface area contributed by atoms with Crippen LogP contribution in [0.3, 0.4) is 0 Å². The Kier molecular flexibility index (Phi) is 40.2. The Bertz CT molecular complexity index is 1420. The van der Waals surface area contributed by atoms with E-state index in [0.29, 0.717) is 11.0 Å². The van der Waals surface area contributed by atoms with Crippen molar-refractivity contribution in [3.63, 3.8) is 0 Å². The van der Waals surface area contributed by atoms with Crippen LogP contribution in [0.2, 0.25) is 0 Å². The highest BCUT2D eigenvalue weighted by molar-refractivity contribution is 5.69. The Morgan fingerprint density at radius 2 is 1.28 bits per heavy atom. The van der Waals surface area contributed by atoms with Crippen LogP contribution >= 0.6 is 0 Å². The molecule has 9 heteroatoms. The largest absolute Gasteiger partial charge is 0.416 e. The van der Waals surface area contributed by atoms with Gasteiger partial charge in [-0.3, -0.25) is 0 Å². The Hall–Kier alpha value is -4.27. The van der Waals surface area contributed by atoms with E-state index in [4.69, 9.17) is 4.79 Å². The summed E-state index contributed by atoms with van der Waals surface area (Å²) in [6, 6.07) is 13.6. The van der Waals surface area contributed by atoms with Crippen LogP contribution < -0.4 is 10.2 Å². The third-order valence-corrected chi connectivity index (χ3v) is 8.37. The van der Waals surface area contributed by atoms with Crippen LogP contribution in [-0.4, -0.2) is 33.1 Å². The highest BCUT2D eigenvalue weighted by atomic mass is 19.4. The molecule has 0 heterocycles. The molecule has 0 aliphatic carbocycles. The first kappa shape index (κ1) is 62.9. The maximum absolute atomic E-state index is 12.5. The van der Waals surface area contributed by atoms with Gasteiger partial charge in [0.2, 0.25) is 0 Å². The fourth-order valence-electron chi connectivity index (χ4n) is 4.87. The molecule has 3 nitrogen and oxygen atoms in total. The minimum absolute atomic E-state index is 0.0376. The standard InChI is InChI=1S/C13H22N2.C11H13F3.C11H22.C8H7F3.C3H6.C2H6.CH2O/c1-4-10-15(11-5-2)13-9-7-6-8-12(13)14-3;1-5-7-10(11(12,13)14)9(6-2)8(3)4;1-6-8-9-11(5,7-2)10(3)4;1-6-2-4-7(5-3-6)8(9,10)11;1-3-2;2*1-2/h6-9,14H,4-5,10-11H2,1-3H3;5-7H,2-3H2,1,4H3;3,6-9H2,1-2,4-5H3;2-5H,1H3;3H,1H2,2H3;1-2H3;1H2/b;7-5-,10-9-;;;;;. The van der Waals surface area contributed by atoms with Gasteiger partial charge in [0.25, 0.3) is 0 Å². The third-order valence-electron chi connectivity index (χ3n) is 8.37. The van der Waals surface area contributed by atoms with Gasteiger partial charge in [-0.15, -0.1) is 6.58 Å². The summed E-state index contributed by atoms with van der Waals surface area (Å²) in [6.45, 7) is 42.6. The van der Waals surface area contributed by atoms with E-state index in [0.717, 1.165) is 36.9 Å². The van der Waals surface area contributed by atoms with E-state index in [1.165, 1.54) is 93.6 Å². The van der Waals surface area contributed by atoms with E-state index in [1.807, 2.05) is 34.6 Å². The second-order valence-corrected chi connectivity index (χ2v) is 13.1. The smallest absolute Gasteiger partial charge is 0.386 e. The Morgan fingerprint density at radius 1 is 0.810 bits per heavy atom. The maximum Gasteiger partial charge on any atom is 0.416 e. The first-order chi connectivity index (χ1) is 27.1. The number of anilines is 2. The molecule has 0 aliphatic rings. The van der Waals surface area contributed by atoms with Crippen molar-refractivity contribution in [2.45, 2.75) is 134 Å². The molecule has 0 radical (unpaired) electrons. The minimum Gasteiger partial charge on any atom is -0.386 e. The lowest BCUT2D eigenvalue weighted by atomic mass is 9.77. The predicted octanol–water partition coefficient (Wildman–Crippen LogP) is 16.8. The molecule has 2 rings (SSSR count). The predicted molar refractivity (Wildman–Crippen MR) is 245 cm³/mol. The summed E-state index contributed by atoms with van der Waals surface area (Å²) >= 11 is 0. The van der Waals surface area contributed by atoms with Crippen LogP contribution in [-0.2, 0) is 11.0 Å². The van der Waals surface area contributed by atoms with Gasteiger partial charge in [0.15, 0.2) is 0 Å². The average molecular weight is 825 g/mol. The number of para-hydroxylation sites is 2. The van der Waals surface area contributed by atoms with E-state index in [1.54, 1.807) is 13.0 Å². The van der Waals surface area contributed by atoms with Crippen molar-refractivity contribution in [2.24, 2.45) is 5.41 Å². The quantitative estimate of drug-likeness (QED) is 0.117. The number of nitrogens with one attached hydrogen (secondary N) is 1. The van der Waals surface area contributed by atoms with E-state index >= 15 is 0 Å². The summed E-state index contributed by atoms with van der Waals surface area (Å²) < 4.78 is 73.3. The molecule has 1 N–H and O–H groups in total. The fourth-order valence-corrected chi connectivity index (χ4v) is 4.87. The van der Waals surface area contributed by atoms with Gasteiger partial charge in [-0.2, -0.15) is 26.3 Å². The molecule has 0 bridgehead atoms. The summed E-state index contributed by atoms with van der Waals surface area (Å²) in [5.41, 5.74) is 4.21. The lowest BCUT2D eigenvalue weighted by Crippen LogP contribution is -2.25. The summed E-state index contributed by atoms with van der Waals surface area (Å²) in [5, 5.41) is 3.25. The number of hydrogen-bond donors (Lipinski definition) is 1. The molecule has 0 amide bonds. The Morgan fingerprint density at radius 3 is 1.59 bits per heavy atom. The number of alkyl halides is 6. The van der Waals surface area contributed by atoms with Gasteiger partial charge in [0.05, 0.1) is 22.5 Å². The van der Waals surface area contributed by atoms with E-state index < -0.39 is 23.5 Å². The first-order valence-electron chi connectivity index (χ1n) is 20.1. The van der Waals surface area contributed by atoms with Crippen molar-refractivity contribution in [2.75, 3.05) is 30.4 Å². The first-order valence-corrected chi connectivity index (χ1v) is 20.1. The van der Waals surface area contributed by atoms with E-state index in [9.17, 15) is 26.3 Å². The minimum atomic E-state index is -4.37. The maximum atomic E-state index is 12.5. The second-order valence-electron chi connectivity index (χ2n) is 13.1. The molecule has 332 valence electrons. The number of nitrogens with zero attached hydrogens (tertiary/aromatic N) is 1. The molecule has 0 saturated heterocycles. The monoisotopic (exact) mass is 825 g/mol. The normalized spacial score (nSPS) is 11.6. The third kappa shape index (κ3) is 29.0. The molecule has 2 aromatic carbocycles. The average Bonchev–Trinajstić information content (AvgIpc) is 3.18. The number of benzene rings is 2. The number of carbonyl (C=O) groups excluding carboxylic acids is 1. The molecular formula is C49H78F6N2O. The summed E-state index contributed by atoms with van der Waals surface area (Å²) in [6.07, 6.45) is 4.24. The van der Waals surface area contributed by atoms with Gasteiger partial charge in [-0.25, -0.2) is 0 Å². The van der Waals surface area contributed by atoms with Gasteiger partial charge in [-0.05, 0) is 95.6 Å². The Balaban J connectivity index is -0.000000205. The van der Waals surface area contributed by atoms with Crippen LogP contribution in [0.4, 0.5) is 37.7 Å². The molecule has 1 atom stereocenters. The summed E-state index contributed by atoms with van der Waals surface area (Å²) in [4.78, 5) is 10.5. The van der Waals surface area contributed by atoms with Crippen molar-refractivity contribution >= 4 is 18.2 Å². The van der Waals surface area contributed by atoms with E-state index in [-0.39, 0.29) is 5.57 Å². The van der Waals surface area contributed by atoms with Gasteiger partial charge >= 0.3 is 12.4 Å². The number of aryl methyl sites for hydroxylation is 1. The Labute approximate surface area is 350 Å². The molecule has 2 aromatic rings. The van der Waals surface area contributed by atoms with Gasteiger partial charge < -0.3 is 15.0 Å². The van der Waals surface area contributed by atoms with Crippen molar-refractivity contribution in [1.82, 2.24) is 0 Å². The number of hydrogen-bond acceptors (Lipinski definition) is 3. The van der Waals surface area contributed by atoms with Crippen molar-refractivity contribution in [3.05, 3.63) is 133 Å². The zero-order valence-corrected chi connectivity index (χ0v) is 38.2. The van der Waals surface area contributed by atoms with Gasteiger partial charge in [0.1, 0.15) is 6.79 Å². The highest BCUT2D eigenvalue weighted by Gasteiger charge is 2.34. The molecule has 58 heavy (non-hydrogen) atoms. The van der Waals surface area contributed by atoms with Crippen molar-refractivity contribution < 1.29 is 31.1 Å². The second kappa shape index (κ2) is 37.0. The van der Waals surface area contributed by atoms with Gasteiger partial charge in [0, 0.05) is 20.1 Å². The lowest BCUT2D eigenvalue weighted by Gasteiger charge is -2.28. The number of rotatable bonds is 14. The SMILES string of the molecule is C=C(C)C(C)(CC)CCCC.C=C/C(C(=C)C)=C(\C=C/C)C(F)(F)F.C=CC.C=O.CC.CCCN(CCC)c1ccccc1NC.Cc1ccc(C(F)(F)F)cc1. The van der Waals surface area contributed by atoms with Crippen LogP contribution in [0.1, 0.15) is 126 Å². The van der Waals surface area contributed by atoms with Crippen molar-refractivity contribution in [3.8, 4) is 0 Å². The molecule has 0 aliphatic heterocycles. The zero-order chi connectivity index (χ0) is 46.5. The molecule has 1 unspecified atom stereocenters. The highest BCUT2D eigenvalue weighted by Crippen LogP contribution is 2.35. The lowest BCUT2D eigenvalue weighted by molar-refractivity contribution is -0.137. The molecule has 0 aromatic heterocycles. The fraction of sp³-hybridized carbons (Fsp3) is 0.490. The van der Waals surface area contributed by atoms with E-state index in [2.05, 4.69) is 102 Å². The van der Waals surface area contributed by atoms with Crippen LogP contribution in [0.5, 0.6) is 0 Å². The molecule has 0 spiro atoms. The summed E-state index contributed by atoms with van der Waals surface area (Å²) in [7, 11) is 1.98. The van der Waals surface area contributed by atoms with Crippen LogP contribution in [0.25, 0.3) is 0 Å². The van der Waals surface area contributed by atoms with Gasteiger partial charge in [-0.1, -0.05) is 146 Å². The van der Waals surface area contributed by atoms with Crippen LogP contribution in [0.15, 0.2) is 121 Å². The van der Waals surface area contributed by atoms with Crippen LogP contribution in [0, 0.1) is 12.3 Å². The number of unbranched alkanes of at least 4 members (excludes halogenated alkanes) is 1. The zero-order valence-electron chi connectivity index (χ0n) is 38.2. The number of allylic oxidation sites excluding steroid dienone is 8.